The molecule has 1 atom stereocenters. The van der Waals surface area contributed by atoms with Gasteiger partial charge < -0.3 is 5.32 Å². The van der Waals surface area contributed by atoms with E-state index >= 15 is 0 Å². The molecule has 0 spiro atoms. The van der Waals surface area contributed by atoms with Crippen molar-refractivity contribution < 1.29 is 4.79 Å². The third-order valence-corrected chi connectivity index (χ3v) is 2.32. The van der Waals surface area contributed by atoms with Gasteiger partial charge in [-0.05, 0) is 13.0 Å². The molecule has 6 heteroatoms. The Hall–Kier alpha value is -2.11. The standard InChI is InChI=1S/C10H13N5O/c1-8(15-4-2-3-14-15)10(16)11-5-9-6-12-13-7-9/h2-4,6-8H,5H2,1H3,(H,11,16)(H,12,13). The molecule has 16 heavy (non-hydrogen) atoms. The zero-order valence-electron chi connectivity index (χ0n) is 8.92. The summed E-state index contributed by atoms with van der Waals surface area (Å²) in [5.41, 5.74) is 0.945. The van der Waals surface area contributed by atoms with Crippen molar-refractivity contribution in [2.45, 2.75) is 19.5 Å². The first-order valence-electron chi connectivity index (χ1n) is 5.02. The third-order valence-electron chi connectivity index (χ3n) is 2.32. The number of rotatable bonds is 4. The highest BCUT2D eigenvalue weighted by Gasteiger charge is 2.14. The summed E-state index contributed by atoms with van der Waals surface area (Å²) in [5, 5.41) is 13.3. The van der Waals surface area contributed by atoms with Crippen molar-refractivity contribution in [3.8, 4) is 0 Å². The van der Waals surface area contributed by atoms with Crippen molar-refractivity contribution in [1.82, 2.24) is 25.3 Å². The van der Waals surface area contributed by atoms with E-state index in [1.165, 1.54) is 0 Å². The minimum Gasteiger partial charge on any atom is -0.350 e. The zero-order chi connectivity index (χ0) is 11.4. The summed E-state index contributed by atoms with van der Waals surface area (Å²) >= 11 is 0. The maximum atomic E-state index is 11.7. The fourth-order valence-corrected chi connectivity index (χ4v) is 1.34. The van der Waals surface area contributed by atoms with Gasteiger partial charge in [-0.25, -0.2) is 0 Å². The fourth-order valence-electron chi connectivity index (χ4n) is 1.34. The van der Waals surface area contributed by atoms with Crippen LogP contribution in [0.25, 0.3) is 0 Å². The number of hydrogen-bond donors (Lipinski definition) is 2. The van der Waals surface area contributed by atoms with Crippen LogP contribution < -0.4 is 5.32 Å². The molecule has 6 nitrogen and oxygen atoms in total. The minimum absolute atomic E-state index is 0.0649. The molecule has 1 unspecified atom stereocenters. The smallest absolute Gasteiger partial charge is 0.244 e. The molecule has 1 amide bonds. The Labute approximate surface area is 92.7 Å². The van der Waals surface area contributed by atoms with Crippen molar-refractivity contribution in [3.05, 3.63) is 36.4 Å². The Balaban J connectivity index is 1.89. The Morgan fingerprint density at radius 2 is 2.56 bits per heavy atom. The van der Waals surface area contributed by atoms with E-state index in [0.717, 1.165) is 5.56 Å². The largest absolute Gasteiger partial charge is 0.350 e. The number of H-pyrrole nitrogens is 1. The second kappa shape index (κ2) is 4.61. The molecule has 84 valence electrons. The second-order valence-corrected chi connectivity index (χ2v) is 3.49. The van der Waals surface area contributed by atoms with Crippen LogP contribution in [0.15, 0.2) is 30.9 Å². The number of nitrogens with one attached hydrogen (secondary N) is 2. The number of carbonyl (C=O) groups excluding carboxylic acids is 1. The highest BCUT2D eigenvalue weighted by molar-refractivity contribution is 5.79. The van der Waals surface area contributed by atoms with Crippen molar-refractivity contribution in [1.29, 1.82) is 0 Å². The molecule has 0 bridgehead atoms. The first kappa shape index (κ1) is 10.4. The Bertz CT molecular complexity index is 434. The van der Waals surface area contributed by atoms with Gasteiger partial charge >= 0.3 is 0 Å². The molecule has 2 aromatic rings. The molecule has 0 aliphatic heterocycles. The van der Waals surface area contributed by atoms with E-state index in [9.17, 15) is 4.79 Å². The van der Waals surface area contributed by atoms with Crippen molar-refractivity contribution in [2.75, 3.05) is 0 Å². The molecular weight excluding hydrogens is 206 g/mol. The maximum absolute atomic E-state index is 11.7. The number of hydrogen-bond acceptors (Lipinski definition) is 3. The lowest BCUT2D eigenvalue weighted by atomic mass is 10.3. The van der Waals surface area contributed by atoms with Gasteiger partial charge in [0.2, 0.25) is 5.91 Å². The van der Waals surface area contributed by atoms with E-state index in [0.29, 0.717) is 6.54 Å². The molecule has 0 saturated heterocycles. The van der Waals surface area contributed by atoms with Crippen LogP contribution in [-0.4, -0.2) is 25.9 Å². The summed E-state index contributed by atoms with van der Waals surface area (Å²) in [7, 11) is 0. The van der Waals surface area contributed by atoms with Gasteiger partial charge in [0.25, 0.3) is 0 Å². The van der Waals surface area contributed by atoms with Gasteiger partial charge in [0, 0.05) is 30.7 Å². The van der Waals surface area contributed by atoms with Gasteiger partial charge in [0.1, 0.15) is 6.04 Å². The maximum Gasteiger partial charge on any atom is 0.244 e. The monoisotopic (exact) mass is 219 g/mol. The van der Waals surface area contributed by atoms with E-state index < -0.39 is 0 Å². The molecule has 0 saturated carbocycles. The highest BCUT2D eigenvalue weighted by atomic mass is 16.2. The molecule has 2 heterocycles. The van der Waals surface area contributed by atoms with E-state index in [-0.39, 0.29) is 11.9 Å². The first-order chi connectivity index (χ1) is 7.77. The summed E-state index contributed by atoms with van der Waals surface area (Å²) < 4.78 is 1.62. The van der Waals surface area contributed by atoms with Gasteiger partial charge in [-0.15, -0.1) is 0 Å². The quantitative estimate of drug-likeness (QED) is 0.785. The van der Waals surface area contributed by atoms with Crippen LogP contribution in [0.2, 0.25) is 0 Å². The molecular formula is C10H13N5O. The molecule has 0 aromatic carbocycles. The van der Waals surface area contributed by atoms with E-state index in [1.54, 1.807) is 42.5 Å². The van der Waals surface area contributed by atoms with Crippen LogP contribution in [0.4, 0.5) is 0 Å². The topological polar surface area (TPSA) is 75.6 Å². The van der Waals surface area contributed by atoms with Crippen LogP contribution in [0.3, 0.4) is 0 Å². The zero-order valence-corrected chi connectivity index (χ0v) is 8.92. The molecule has 0 fully saturated rings. The molecule has 2 aromatic heterocycles. The Kier molecular flexibility index (Phi) is 3.00. The average Bonchev–Trinajstić information content (AvgIpc) is 2.96. The number of aromatic nitrogens is 4. The number of nitrogens with zero attached hydrogens (tertiary/aromatic N) is 3. The van der Waals surface area contributed by atoms with E-state index in [1.807, 2.05) is 0 Å². The van der Waals surface area contributed by atoms with Crippen LogP contribution in [0, 0.1) is 0 Å². The molecule has 0 aliphatic carbocycles. The van der Waals surface area contributed by atoms with Gasteiger partial charge in [-0.2, -0.15) is 10.2 Å². The van der Waals surface area contributed by atoms with Gasteiger partial charge in [-0.3, -0.25) is 14.6 Å². The average molecular weight is 219 g/mol. The summed E-state index contributed by atoms with van der Waals surface area (Å²) in [6, 6.07) is 1.49. The Morgan fingerprint density at radius 1 is 1.69 bits per heavy atom. The lowest BCUT2D eigenvalue weighted by Crippen LogP contribution is -2.30. The molecule has 2 rings (SSSR count). The summed E-state index contributed by atoms with van der Waals surface area (Å²) in [5.74, 6) is -0.0649. The predicted octanol–water partition coefficient (Wildman–Crippen LogP) is 0.484. The van der Waals surface area contributed by atoms with E-state index in [2.05, 4.69) is 20.6 Å². The number of carbonyl (C=O) groups is 1. The second-order valence-electron chi connectivity index (χ2n) is 3.49. The van der Waals surface area contributed by atoms with Crippen LogP contribution in [-0.2, 0) is 11.3 Å². The fraction of sp³-hybridized carbons (Fsp3) is 0.300. The number of amides is 1. The molecule has 2 N–H and O–H groups in total. The van der Waals surface area contributed by atoms with Crippen LogP contribution >= 0.6 is 0 Å². The lowest BCUT2D eigenvalue weighted by Gasteiger charge is -2.11. The third kappa shape index (κ3) is 2.28. The highest BCUT2D eigenvalue weighted by Crippen LogP contribution is 2.03. The lowest BCUT2D eigenvalue weighted by molar-refractivity contribution is -0.124. The summed E-state index contributed by atoms with van der Waals surface area (Å²) in [6.45, 7) is 2.28. The van der Waals surface area contributed by atoms with E-state index in [4.69, 9.17) is 0 Å². The Morgan fingerprint density at radius 3 is 3.19 bits per heavy atom. The predicted molar refractivity (Wildman–Crippen MR) is 57.4 cm³/mol. The first-order valence-corrected chi connectivity index (χ1v) is 5.02. The number of aromatic amines is 1. The summed E-state index contributed by atoms with van der Waals surface area (Å²) in [6.07, 6.45) is 6.85. The van der Waals surface area contributed by atoms with Crippen LogP contribution in [0.5, 0.6) is 0 Å². The molecule has 0 radical (unpaired) electrons. The SMILES string of the molecule is CC(C(=O)NCc1cn[nH]c1)n1cccn1. The summed E-state index contributed by atoms with van der Waals surface area (Å²) in [4.78, 5) is 11.7. The molecule has 0 aliphatic rings. The van der Waals surface area contributed by atoms with Gasteiger partial charge in [0.05, 0.1) is 6.20 Å². The minimum atomic E-state index is -0.304. The van der Waals surface area contributed by atoms with Gasteiger partial charge in [0.15, 0.2) is 0 Å². The van der Waals surface area contributed by atoms with Gasteiger partial charge in [-0.1, -0.05) is 0 Å². The van der Waals surface area contributed by atoms with Crippen molar-refractivity contribution >= 4 is 5.91 Å². The normalized spacial score (nSPS) is 12.3. The van der Waals surface area contributed by atoms with Crippen molar-refractivity contribution in [3.63, 3.8) is 0 Å². The van der Waals surface area contributed by atoms with Crippen molar-refractivity contribution in [2.24, 2.45) is 0 Å². The van der Waals surface area contributed by atoms with Crippen LogP contribution in [0.1, 0.15) is 18.5 Å².